The van der Waals surface area contributed by atoms with E-state index in [1.165, 1.54) is 0 Å². The van der Waals surface area contributed by atoms with Gasteiger partial charge in [-0.05, 0) is 66.0 Å². The molecule has 0 radical (unpaired) electrons. The molecule has 0 aliphatic carbocycles. The van der Waals surface area contributed by atoms with Crippen LogP contribution in [0, 0.1) is 6.92 Å². The molecule has 0 bridgehead atoms. The summed E-state index contributed by atoms with van der Waals surface area (Å²) in [6.07, 6.45) is 0.702. The molecule has 37 heavy (non-hydrogen) atoms. The van der Waals surface area contributed by atoms with E-state index in [0.717, 1.165) is 16.7 Å². The van der Waals surface area contributed by atoms with Crippen molar-refractivity contribution >= 4 is 45.1 Å². The number of benzene rings is 3. The normalized spacial score (nSPS) is 10.5. The minimum Gasteiger partial charge on any atom is -0.492 e. The van der Waals surface area contributed by atoms with Crippen molar-refractivity contribution < 1.29 is 19.1 Å². The van der Waals surface area contributed by atoms with Crippen LogP contribution in [-0.4, -0.2) is 30.1 Å². The molecule has 0 fully saturated rings. The number of hydrogen-bond acceptors (Lipinski definition) is 5. The lowest BCUT2D eigenvalue weighted by molar-refractivity contribution is -0.123. The maximum atomic E-state index is 12.9. The Hall–Kier alpha value is -3.43. The minimum atomic E-state index is -0.472. The van der Waals surface area contributed by atoms with Gasteiger partial charge >= 0.3 is 0 Å². The van der Waals surface area contributed by atoms with Crippen molar-refractivity contribution in [1.29, 1.82) is 0 Å². The number of aryl methyl sites for hydroxylation is 1. The van der Waals surface area contributed by atoms with E-state index < -0.39 is 11.8 Å². The van der Waals surface area contributed by atoms with Crippen molar-refractivity contribution in [3.63, 3.8) is 0 Å². The Balaban J connectivity index is 1.50. The van der Waals surface area contributed by atoms with Crippen LogP contribution in [0.25, 0.3) is 0 Å². The number of rotatable bonds is 9. The first-order chi connectivity index (χ1) is 17.7. The third-order valence-corrected chi connectivity index (χ3v) is 6.07. The molecule has 0 unspecified atom stereocenters. The number of thiocarbonyl (C=S) groups is 1. The largest absolute Gasteiger partial charge is 0.492 e. The van der Waals surface area contributed by atoms with Gasteiger partial charge < -0.3 is 9.47 Å². The minimum absolute atomic E-state index is 0.0630. The molecule has 0 heterocycles. The highest BCUT2D eigenvalue weighted by atomic mass is 79.9. The van der Waals surface area contributed by atoms with Gasteiger partial charge in [-0.25, -0.2) is 0 Å². The van der Waals surface area contributed by atoms with E-state index in [-0.39, 0.29) is 17.6 Å². The molecule has 3 aromatic rings. The van der Waals surface area contributed by atoms with Gasteiger partial charge in [-0.2, -0.15) is 0 Å². The van der Waals surface area contributed by atoms with Crippen LogP contribution in [0.4, 0.5) is 0 Å². The molecule has 3 rings (SSSR count). The summed E-state index contributed by atoms with van der Waals surface area (Å²) in [7, 11) is 0. The fourth-order valence-electron chi connectivity index (χ4n) is 3.48. The van der Waals surface area contributed by atoms with Gasteiger partial charge in [0.05, 0.1) is 12.2 Å². The molecule has 0 spiro atoms. The van der Waals surface area contributed by atoms with Crippen LogP contribution in [0.5, 0.6) is 11.5 Å². The van der Waals surface area contributed by atoms with E-state index in [4.69, 9.17) is 21.7 Å². The monoisotopic (exact) mass is 583 g/mol. The summed E-state index contributed by atoms with van der Waals surface area (Å²) in [6.45, 7) is 6.28. The van der Waals surface area contributed by atoms with E-state index in [2.05, 4.69) is 45.9 Å². The van der Waals surface area contributed by atoms with Crippen molar-refractivity contribution in [2.24, 2.45) is 0 Å². The highest BCUT2D eigenvalue weighted by Crippen LogP contribution is 2.27. The van der Waals surface area contributed by atoms with Crippen molar-refractivity contribution in [2.75, 3.05) is 13.2 Å². The third-order valence-electron chi connectivity index (χ3n) is 5.37. The second-order valence-electron chi connectivity index (χ2n) is 8.67. The van der Waals surface area contributed by atoms with Crippen molar-refractivity contribution in [3.8, 4) is 11.5 Å². The number of hydrazine groups is 1. The van der Waals surface area contributed by atoms with Crippen LogP contribution in [0.1, 0.15) is 46.8 Å². The van der Waals surface area contributed by atoms with Crippen molar-refractivity contribution in [1.82, 2.24) is 16.2 Å². The van der Waals surface area contributed by atoms with E-state index >= 15 is 0 Å². The molecule has 3 aromatic carbocycles. The van der Waals surface area contributed by atoms with E-state index in [0.29, 0.717) is 34.6 Å². The van der Waals surface area contributed by atoms with Crippen LogP contribution < -0.4 is 25.6 Å². The molecular formula is C28H30BrN3O4S. The molecule has 2 amide bonds. The van der Waals surface area contributed by atoms with Gasteiger partial charge in [0, 0.05) is 10.9 Å². The summed E-state index contributed by atoms with van der Waals surface area (Å²) in [5.74, 6) is 0.428. The van der Waals surface area contributed by atoms with Gasteiger partial charge in [-0.3, -0.25) is 25.8 Å². The van der Waals surface area contributed by atoms with Gasteiger partial charge in [0.1, 0.15) is 11.5 Å². The van der Waals surface area contributed by atoms with Crippen LogP contribution in [0.3, 0.4) is 0 Å². The van der Waals surface area contributed by atoms with E-state index in [9.17, 15) is 9.59 Å². The first-order valence-electron chi connectivity index (χ1n) is 11.8. The molecular weight excluding hydrogens is 554 g/mol. The molecule has 0 aliphatic heterocycles. The molecule has 0 saturated carbocycles. The zero-order chi connectivity index (χ0) is 26.8. The zero-order valence-corrected chi connectivity index (χ0v) is 23.4. The molecule has 9 heteroatoms. The number of ether oxygens (including phenoxy) is 2. The number of carbonyl (C=O) groups is 2. The number of carbonyl (C=O) groups excluding carboxylic acids is 2. The van der Waals surface area contributed by atoms with Crippen molar-refractivity contribution in [2.45, 2.75) is 33.1 Å². The maximum Gasteiger partial charge on any atom is 0.276 e. The van der Waals surface area contributed by atoms with Crippen LogP contribution in [0.2, 0.25) is 0 Å². The van der Waals surface area contributed by atoms with E-state index in [1.807, 2.05) is 55.5 Å². The Bertz CT molecular complexity index is 1250. The SMILES string of the molecule is Cc1ccc(C(C)C)c(OCC(=O)NNC(=S)NC(=O)c2cc(Br)ccc2OCCc2ccccc2)c1. The van der Waals surface area contributed by atoms with Gasteiger partial charge in [-0.1, -0.05) is 72.2 Å². The fourth-order valence-corrected chi connectivity index (χ4v) is 3.98. The number of amides is 2. The first-order valence-corrected chi connectivity index (χ1v) is 13.0. The molecule has 194 valence electrons. The second-order valence-corrected chi connectivity index (χ2v) is 9.99. The Morgan fingerprint density at radius 3 is 2.43 bits per heavy atom. The van der Waals surface area contributed by atoms with E-state index in [1.54, 1.807) is 18.2 Å². The number of halogens is 1. The second kappa shape index (κ2) is 13.8. The fraction of sp³-hybridized carbons (Fsp3) is 0.250. The average molecular weight is 585 g/mol. The maximum absolute atomic E-state index is 12.9. The summed E-state index contributed by atoms with van der Waals surface area (Å²) in [5, 5.41) is 2.49. The molecule has 0 atom stereocenters. The number of nitrogens with one attached hydrogen (secondary N) is 3. The molecule has 3 N–H and O–H groups in total. The Kier molecular flexibility index (Phi) is 10.5. The zero-order valence-electron chi connectivity index (χ0n) is 21.0. The Labute approximate surface area is 231 Å². The van der Waals surface area contributed by atoms with Crippen LogP contribution in [-0.2, 0) is 11.2 Å². The lowest BCUT2D eigenvalue weighted by atomic mass is 10.0. The lowest BCUT2D eigenvalue weighted by Gasteiger charge is -2.16. The molecule has 0 aromatic heterocycles. The van der Waals surface area contributed by atoms with Gasteiger partial charge in [0.2, 0.25) is 0 Å². The molecule has 0 saturated heterocycles. The molecule has 7 nitrogen and oxygen atoms in total. The topological polar surface area (TPSA) is 88.7 Å². The quantitative estimate of drug-likeness (QED) is 0.236. The summed E-state index contributed by atoms with van der Waals surface area (Å²) in [4.78, 5) is 25.2. The highest BCUT2D eigenvalue weighted by molar-refractivity contribution is 9.10. The summed E-state index contributed by atoms with van der Waals surface area (Å²) in [6, 6.07) is 21.0. The summed E-state index contributed by atoms with van der Waals surface area (Å²) < 4.78 is 12.3. The summed E-state index contributed by atoms with van der Waals surface area (Å²) >= 11 is 8.56. The third kappa shape index (κ3) is 8.87. The van der Waals surface area contributed by atoms with Crippen molar-refractivity contribution in [3.05, 3.63) is 93.5 Å². The standard InChI is InChI=1S/C28H30BrN3O4S/c1-18(2)22-11-9-19(3)15-25(22)36-17-26(33)31-32-28(37)30-27(34)23-16-21(29)10-12-24(23)35-14-13-20-7-5-4-6-8-20/h4-12,15-16,18H,13-14,17H2,1-3H3,(H,31,33)(H2,30,32,34,37). The first kappa shape index (κ1) is 28.1. The van der Waals surface area contributed by atoms with Gasteiger partial charge in [-0.15, -0.1) is 0 Å². The number of hydrogen-bond donors (Lipinski definition) is 3. The predicted molar refractivity (Wildman–Crippen MR) is 152 cm³/mol. The lowest BCUT2D eigenvalue weighted by Crippen LogP contribution is -2.49. The predicted octanol–water partition coefficient (Wildman–Crippen LogP) is 5.22. The van der Waals surface area contributed by atoms with Gasteiger partial charge in [0.25, 0.3) is 11.8 Å². The average Bonchev–Trinajstić information content (AvgIpc) is 2.87. The van der Waals surface area contributed by atoms with Gasteiger partial charge in [0.15, 0.2) is 11.7 Å². The molecule has 0 aliphatic rings. The van der Waals surface area contributed by atoms with Crippen LogP contribution >= 0.6 is 28.1 Å². The summed E-state index contributed by atoms with van der Waals surface area (Å²) in [5.41, 5.74) is 8.48. The smallest absolute Gasteiger partial charge is 0.276 e. The highest BCUT2D eigenvalue weighted by Gasteiger charge is 2.16. The Morgan fingerprint density at radius 1 is 0.946 bits per heavy atom. The van der Waals surface area contributed by atoms with Crippen LogP contribution in [0.15, 0.2) is 71.2 Å². The Morgan fingerprint density at radius 2 is 1.70 bits per heavy atom.